The molecule has 0 amide bonds. The molecule has 0 rings (SSSR count). The van der Waals surface area contributed by atoms with Gasteiger partial charge in [-0.3, -0.25) is 9.05 Å². The van der Waals surface area contributed by atoms with Crippen molar-refractivity contribution in [1.29, 1.82) is 0 Å². The van der Waals surface area contributed by atoms with Gasteiger partial charge in [0.05, 0.1) is 25.4 Å². The number of hydrogen-bond acceptors (Lipinski definition) is 5. The highest BCUT2D eigenvalue weighted by Gasteiger charge is 2.27. The Morgan fingerprint density at radius 2 is 1.40 bits per heavy atom. The first-order valence-corrected chi connectivity index (χ1v) is 6.08. The Morgan fingerprint density at radius 3 is 1.67 bits per heavy atom. The van der Waals surface area contributed by atoms with Crippen molar-refractivity contribution < 1.29 is 28.0 Å². The van der Waals surface area contributed by atoms with E-state index in [2.05, 4.69) is 0 Å². The minimum Gasteiger partial charge on any atom is -0.382 e. The Balaban J connectivity index is 4.00. The summed E-state index contributed by atoms with van der Waals surface area (Å²) in [6.45, 7) is 3.70. The summed E-state index contributed by atoms with van der Waals surface area (Å²) in [6, 6.07) is 0. The predicted octanol–water partition coefficient (Wildman–Crippen LogP) is 1.19. The highest BCUT2D eigenvalue weighted by molar-refractivity contribution is 7.47. The molecule has 0 saturated carbocycles. The zero-order valence-corrected chi connectivity index (χ0v) is 10.4. The van der Waals surface area contributed by atoms with Gasteiger partial charge in [-0.05, 0) is 13.8 Å². The van der Waals surface area contributed by atoms with E-state index >= 15 is 0 Å². The molecule has 0 aliphatic heterocycles. The molecule has 1 N–H and O–H groups in total. The van der Waals surface area contributed by atoms with Gasteiger partial charge >= 0.3 is 7.82 Å². The van der Waals surface area contributed by atoms with E-state index in [0.29, 0.717) is 0 Å². The van der Waals surface area contributed by atoms with E-state index in [9.17, 15) is 9.46 Å². The molecule has 7 heteroatoms. The normalized spacial score (nSPS) is 19.5. The summed E-state index contributed by atoms with van der Waals surface area (Å²) in [5.41, 5.74) is 0. The molecule has 92 valence electrons. The third kappa shape index (κ3) is 7.90. The number of ether oxygens (including phenoxy) is 2. The summed E-state index contributed by atoms with van der Waals surface area (Å²) >= 11 is 0. The van der Waals surface area contributed by atoms with Gasteiger partial charge in [-0.15, -0.1) is 0 Å². The first-order chi connectivity index (χ1) is 6.91. The molecule has 0 aliphatic carbocycles. The minimum absolute atomic E-state index is 0.229. The third-order valence-corrected chi connectivity index (χ3v) is 2.68. The maximum atomic E-state index is 11.4. The summed E-state index contributed by atoms with van der Waals surface area (Å²) in [4.78, 5) is 9.31. The lowest BCUT2D eigenvalue weighted by molar-refractivity contribution is 0.0245. The molecule has 0 radical (unpaired) electrons. The molecular weight excluding hydrogens is 223 g/mol. The van der Waals surface area contributed by atoms with Crippen molar-refractivity contribution >= 4 is 7.82 Å². The number of phosphoric acid groups is 1. The molecule has 0 heterocycles. The smallest absolute Gasteiger partial charge is 0.382 e. The third-order valence-electron chi connectivity index (χ3n) is 1.43. The molecule has 0 fully saturated rings. The van der Waals surface area contributed by atoms with E-state index in [1.807, 2.05) is 0 Å². The van der Waals surface area contributed by atoms with Crippen molar-refractivity contribution in [1.82, 2.24) is 0 Å². The molecule has 0 aliphatic rings. The first kappa shape index (κ1) is 15.0. The lowest BCUT2D eigenvalue weighted by atomic mass is 10.5. The Kier molecular flexibility index (Phi) is 7.34. The van der Waals surface area contributed by atoms with Gasteiger partial charge in [0.25, 0.3) is 0 Å². The van der Waals surface area contributed by atoms with Crippen LogP contribution in [0.1, 0.15) is 13.8 Å². The van der Waals surface area contributed by atoms with E-state index < -0.39 is 20.0 Å². The van der Waals surface area contributed by atoms with Crippen molar-refractivity contribution in [2.45, 2.75) is 26.1 Å². The highest BCUT2D eigenvalue weighted by Crippen LogP contribution is 2.45. The van der Waals surface area contributed by atoms with Crippen LogP contribution in [0.3, 0.4) is 0 Å². The molecule has 0 spiro atoms. The van der Waals surface area contributed by atoms with Crippen LogP contribution < -0.4 is 0 Å². The summed E-state index contributed by atoms with van der Waals surface area (Å²) in [5, 5.41) is 0. The van der Waals surface area contributed by atoms with Gasteiger partial charge < -0.3 is 14.4 Å². The second-order valence-corrected chi connectivity index (χ2v) is 4.57. The van der Waals surface area contributed by atoms with Gasteiger partial charge in [0, 0.05) is 14.2 Å². The van der Waals surface area contributed by atoms with Gasteiger partial charge in [0.2, 0.25) is 0 Å². The second kappa shape index (κ2) is 7.33. The molecule has 0 aromatic heterocycles. The number of rotatable bonds is 8. The topological polar surface area (TPSA) is 74.2 Å². The zero-order chi connectivity index (χ0) is 11.9. The lowest BCUT2D eigenvalue weighted by Gasteiger charge is -2.19. The van der Waals surface area contributed by atoms with E-state index in [1.165, 1.54) is 14.2 Å². The first-order valence-electron chi connectivity index (χ1n) is 4.58. The van der Waals surface area contributed by atoms with Gasteiger partial charge in [-0.1, -0.05) is 0 Å². The highest BCUT2D eigenvalue weighted by atomic mass is 31.2. The fraction of sp³-hybridized carbons (Fsp3) is 1.00. The van der Waals surface area contributed by atoms with Crippen LogP contribution >= 0.6 is 7.82 Å². The van der Waals surface area contributed by atoms with Crippen molar-refractivity contribution in [3.8, 4) is 0 Å². The molecule has 0 aromatic carbocycles. The Bertz CT molecular complexity index is 191. The Labute approximate surface area is 90.1 Å². The molecule has 2 unspecified atom stereocenters. The SMILES string of the molecule is COCC(C)OP(=O)(O)OC(C)COC. The van der Waals surface area contributed by atoms with Crippen LogP contribution in [0.5, 0.6) is 0 Å². The molecule has 6 nitrogen and oxygen atoms in total. The Morgan fingerprint density at radius 1 is 1.07 bits per heavy atom. The van der Waals surface area contributed by atoms with Gasteiger partial charge in [0.1, 0.15) is 0 Å². The van der Waals surface area contributed by atoms with Crippen LogP contribution in [0.15, 0.2) is 0 Å². The second-order valence-electron chi connectivity index (χ2n) is 3.21. The number of phosphoric ester groups is 1. The largest absolute Gasteiger partial charge is 0.472 e. The van der Waals surface area contributed by atoms with Crippen LogP contribution in [0, 0.1) is 0 Å². The van der Waals surface area contributed by atoms with Crippen LogP contribution in [0.25, 0.3) is 0 Å². The van der Waals surface area contributed by atoms with E-state index in [0.717, 1.165) is 0 Å². The van der Waals surface area contributed by atoms with Crippen LogP contribution in [-0.2, 0) is 23.1 Å². The minimum atomic E-state index is -4.02. The summed E-state index contributed by atoms with van der Waals surface area (Å²) in [6.07, 6.45) is -0.999. The summed E-state index contributed by atoms with van der Waals surface area (Å²) < 4.78 is 30.5. The monoisotopic (exact) mass is 242 g/mol. The predicted molar refractivity (Wildman–Crippen MR) is 54.7 cm³/mol. The molecule has 0 saturated heterocycles. The van der Waals surface area contributed by atoms with Crippen LogP contribution in [-0.4, -0.2) is 44.5 Å². The molecule has 2 atom stereocenters. The summed E-state index contributed by atoms with van der Waals surface area (Å²) in [5.74, 6) is 0. The number of methoxy groups -OCH3 is 2. The van der Waals surface area contributed by atoms with Gasteiger partial charge in [0.15, 0.2) is 0 Å². The van der Waals surface area contributed by atoms with E-state index in [1.54, 1.807) is 13.8 Å². The quantitative estimate of drug-likeness (QED) is 0.644. The molecule has 0 bridgehead atoms. The van der Waals surface area contributed by atoms with Crippen molar-refractivity contribution in [3.05, 3.63) is 0 Å². The average molecular weight is 242 g/mol. The summed E-state index contributed by atoms with van der Waals surface area (Å²) in [7, 11) is -1.06. The van der Waals surface area contributed by atoms with Crippen molar-refractivity contribution in [2.75, 3.05) is 27.4 Å². The maximum Gasteiger partial charge on any atom is 0.472 e. The average Bonchev–Trinajstić information content (AvgIpc) is 2.01. The van der Waals surface area contributed by atoms with Gasteiger partial charge in [-0.2, -0.15) is 0 Å². The van der Waals surface area contributed by atoms with Crippen molar-refractivity contribution in [2.24, 2.45) is 0 Å². The fourth-order valence-corrected chi connectivity index (χ4v) is 2.09. The lowest BCUT2D eigenvalue weighted by Crippen LogP contribution is -2.18. The van der Waals surface area contributed by atoms with E-state index in [-0.39, 0.29) is 13.2 Å². The molecule has 15 heavy (non-hydrogen) atoms. The fourth-order valence-electron chi connectivity index (χ4n) is 1.01. The molecule has 0 aromatic rings. The van der Waals surface area contributed by atoms with Crippen LogP contribution in [0.2, 0.25) is 0 Å². The number of hydrogen-bond donors (Lipinski definition) is 1. The zero-order valence-electron chi connectivity index (χ0n) is 9.50. The Hall–Kier alpha value is 0.0300. The van der Waals surface area contributed by atoms with Crippen LogP contribution in [0.4, 0.5) is 0 Å². The van der Waals surface area contributed by atoms with Crippen molar-refractivity contribution in [3.63, 3.8) is 0 Å². The maximum absolute atomic E-state index is 11.4. The standard InChI is InChI=1S/C8H19O6P/c1-7(5-11-3)13-15(9,10)14-8(2)6-12-4/h7-8H,5-6H2,1-4H3,(H,9,10). The molecular formula is C8H19O6P. The van der Waals surface area contributed by atoms with Gasteiger partial charge in [-0.25, -0.2) is 4.57 Å². The van der Waals surface area contributed by atoms with E-state index in [4.69, 9.17) is 18.5 Å².